The van der Waals surface area contributed by atoms with Crippen LogP contribution in [0.3, 0.4) is 0 Å². The number of thiophene rings is 1. The number of rotatable bonds is 7. The summed E-state index contributed by atoms with van der Waals surface area (Å²) in [6, 6.07) is 9.56. The van der Waals surface area contributed by atoms with E-state index in [9.17, 15) is 0 Å². The van der Waals surface area contributed by atoms with Gasteiger partial charge in [-0.15, -0.1) is 0 Å². The van der Waals surface area contributed by atoms with E-state index >= 15 is 0 Å². The topological polar surface area (TPSA) is 79.9 Å². The molecule has 0 aliphatic rings. The van der Waals surface area contributed by atoms with E-state index in [-0.39, 0.29) is 5.84 Å². The van der Waals surface area contributed by atoms with Gasteiger partial charge in [-0.05, 0) is 53.6 Å². The maximum absolute atomic E-state index is 8.59. The Morgan fingerprint density at radius 1 is 1.38 bits per heavy atom. The number of nitrogens with one attached hydrogen (secondary N) is 1. The highest BCUT2D eigenvalue weighted by molar-refractivity contribution is 7.07. The second kappa shape index (κ2) is 7.66. The fraction of sp³-hybridized carbons (Fsp3) is 0.267. The Morgan fingerprint density at radius 2 is 2.14 bits per heavy atom. The van der Waals surface area contributed by atoms with E-state index in [1.165, 1.54) is 5.56 Å². The number of nitrogens with two attached hydrogens (primary N) is 1. The largest absolute Gasteiger partial charge is 0.492 e. The highest BCUT2D eigenvalue weighted by atomic mass is 32.1. The summed E-state index contributed by atoms with van der Waals surface area (Å²) >= 11 is 1.70. The predicted molar refractivity (Wildman–Crippen MR) is 85.2 cm³/mol. The fourth-order valence-electron chi connectivity index (χ4n) is 1.86. The Bertz CT molecular complexity index is 567. The SMILES string of the molecule is CC(NCCOc1ccc(C(N)=NO)cc1)c1ccsc1. The first-order valence-corrected chi connectivity index (χ1v) is 7.61. The summed E-state index contributed by atoms with van der Waals surface area (Å²) in [6.07, 6.45) is 0. The second-order valence-corrected chi connectivity index (χ2v) is 5.37. The Labute approximate surface area is 128 Å². The molecule has 0 spiro atoms. The Kier molecular flexibility index (Phi) is 5.59. The van der Waals surface area contributed by atoms with Gasteiger partial charge in [0.15, 0.2) is 5.84 Å². The maximum atomic E-state index is 8.59. The molecular formula is C15H19N3O2S. The minimum absolute atomic E-state index is 0.0906. The van der Waals surface area contributed by atoms with Gasteiger partial charge in [0, 0.05) is 18.2 Å². The molecule has 1 unspecified atom stereocenters. The lowest BCUT2D eigenvalue weighted by Gasteiger charge is -2.13. The molecule has 21 heavy (non-hydrogen) atoms. The van der Waals surface area contributed by atoms with Crippen LogP contribution < -0.4 is 15.8 Å². The number of oxime groups is 1. The summed E-state index contributed by atoms with van der Waals surface area (Å²) < 4.78 is 5.64. The molecular weight excluding hydrogens is 286 g/mol. The highest BCUT2D eigenvalue weighted by Crippen LogP contribution is 2.15. The molecule has 0 fully saturated rings. The van der Waals surface area contributed by atoms with Crippen molar-refractivity contribution in [1.29, 1.82) is 0 Å². The zero-order valence-electron chi connectivity index (χ0n) is 11.8. The summed E-state index contributed by atoms with van der Waals surface area (Å²) in [5.41, 5.74) is 7.45. The summed E-state index contributed by atoms with van der Waals surface area (Å²) in [7, 11) is 0. The minimum atomic E-state index is 0.0906. The number of hydrogen-bond donors (Lipinski definition) is 3. The summed E-state index contributed by atoms with van der Waals surface area (Å²) in [4.78, 5) is 0. The lowest BCUT2D eigenvalue weighted by Crippen LogP contribution is -2.24. The molecule has 0 aliphatic heterocycles. The van der Waals surface area contributed by atoms with Gasteiger partial charge in [0.1, 0.15) is 12.4 Å². The van der Waals surface area contributed by atoms with Gasteiger partial charge < -0.3 is 21.0 Å². The molecule has 1 aromatic carbocycles. The van der Waals surface area contributed by atoms with E-state index in [0.717, 1.165) is 12.3 Å². The van der Waals surface area contributed by atoms with Crippen molar-refractivity contribution in [1.82, 2.24) is 5.32 Å². The van der Waals surface area contributed by atoms with Gasteiger partial charge in [0.25, 0.3) is 0 Å². The van der Waals surface area contributed by atoms with Crippen molar-refractivity contribution in [3.05, 3.63) is 52.2 Å². The second-order valence-electron chi connectivity index (χ2n) is 4.59. The third kappa shape index (κ3) is 4.47. The molecule has 0 saturated heterocycles. The van der Waals surface area contributed by atoms with E-state index in [1.54, 1.807) is 35.6 Å². The zero-order valence-corrected chi connectivity index (χ0v) is 12.6. The molecule has 0 saturated carbocycles. The molecule has 4 N–H and O–H groups in total. The number of amidine groups is 1. The van der Waals surface area contributed by atoms with Crippen LogP contribution in [-0.4, -0.2) is 24.2 Å². The van der Waals surface area contributed by atoms with Crippen LogP contribution in [0.1, 0.15) is 24.1 Å². The molecule has 0 radical (unpaired) electrons. The molecule has 6 heteroatoms. The first-order chi connectivity index (χ1) is 10.2. The van der Waals surface area contributed by atoms with Crippen molar-refractivity contribution in [3.8, 4) is 5.75 Å². The molecule has 1 aromatic heterocycles. The van der Waals surface area contributed by atoms with Gasteiger partial charge in [-0.1, -0.05) is 5.16 Å². The van der Waals surface area contributed by atoms with Gasteiger partial charge in [0.2, 0.25) is 0 Å². The molecule has 1 atom stereocenters. The Balaban J connectivity index is 1.74. The molecule has 5 nitrogen and oxygen atoms in total. The molecule has 112 valence electrons. The third-order valence-electron chi connectivity index (χ3n) is 3.12. The lowest BCUT2D eigenvalue weighted by molar-refractivity contribution is 0.307. The Hall–Kier alpha value is -2.05. The van der Waals surface area contributed by atoms with Gasteiger partial charge in [-0.2, -0.15) is 11.3 Å². The molecule has 0 bridgehead atoms. The van der Waals surface area contributed by atoms with Crippen LogP contribution in [0.25, 0.3) is 0 Å². The van der Waals surface area contributed by atoms with E-state index in [4.69, 9.17) is 15.7 Å². The van der Waals surface area contributed by atoms with Crippen LogP contribution in [0.5, 0.6) is 5.75 Å². The van der Waals surface area contributed by atoms with Crippen molar-refractivity contribution in [3.63, 3.8) is 0 Å². The van der Waals surface area contributed by atoms with Crippen LogP contribution in [0.2, 0.25) is 0 Å². The maximum Gasteiger partial charge on any atom is 0.170 e. The zero-order chi connectivity index (χ0) is 15.1. The van der Waals surface area contributed by atoms with Crippen LogP contribution in [0.4, 0.5) is 0 Å². The number of ether oxygens (including phenoxy) is 1. The summed E-state index contributed by atoms with van der Waals surface area (Å²) in [5, 5.41) is 19.2. The number of benzene rings is 1. The van der Waals surface area contributed by atoms with Crippen LogP contribution in [-0.2, 0) is 0 Å². The van der Waals surface area contributed by atoms with E-state index in [0.29, 0.717) is 18.2 Å². The molecule has 2 rings (SSSR count). The van der Waals surface area contributed by atoms with E-state index < -0.39 is 0 Å². The van der Waals surface area contributed by atoms with Gasteiger partial charge in [-0.3, -0.25) is 0 Å². The van der Waals surface area contributed by atoms with Crippen molar-refractivity contribution in [2.24, 2.45) is 10.9 Å². The first-order valence-electron chi connectivity index (χ1n) is 6.67. The third-order valence-corrected chi connectivity index (χ3v) is 3.82. The van der Waals surface area contributed by atoms with Crippen molar-refractivity contribution < 1.29 is 9.94 Å². The normalized spacial score (nSPS) is 13.1. The van der Waals surface area contributed by atoms with E-state index in [2.05, 4.69) is 34.2 Å². The average molecular weight is 305 g/mol. The van der Waals surface area contributed by atoms with E-state index in [1.807, 2.05) is 0 Å². The Morgan fingerprint density at radius 3 is 2.76 bits per heavy atom. The number of hydrogen-bond acceptors (Lipinski definition) is 5. The average Bonchev–Trinajstić information content (AvgIpc) is 3.05. The van der Waals surface area contributed by atoms with Crippen LogP contribution >= 0.6 is 11.3 Å². The van der Waals surface area contributed by atoms with Gasteiger partial charge in [0.05, 0.1) is 0 Å². The molecule has 2 aromatic rings. The van der Waals surface area contributed by atoms with Crippen LogP contribution in [0.15, 0.2) is 46.2 Å². The van der Waals surface area contributed by atoms with Gasteiger partial charge >= 0.3 is 0 Å². The van der Waals surface area contributed by atoms with Crippen molar-refractivity contribution in [2.75, 3.05) is 13.2 Å². The quantitative estimate of drug-likeness (QED) is 0.241. The summed E-state index contributed by atoms with van der Waals surface area (Å²) in [6.45, 7) is 3.48. The lowest BCUT2D eigenvalue weighted by atomic mass is 10.2. The van der Waals surface area contributed by atoms with Crippen molar-refractivity contribution in [2.45, 2.75) is 13.0 Å². The summed E-state index contributed by atoms with van der Waals surface area (Å²) in [5.74, 6) is 0.849. The standard InChI is InChI=1S/C15H19N3O2S/c1-11(13-6-9-21-10-13)17-7-8-20-14-4-2-12(3-5-14)15(16)18-19/h2-6,9-11,17,19H,7-8H2,1H3,(H2,16,18). The van der Waals surface area contributed by atoms with Crippen molar-refractivity contribution >= 4 is 17.2 Å². The highest BCUT2D eigenvalue weighted by Gasteiger charge is 2.04. The monoisotopic (exact) mass is 305 g/mol. The van der Waals surface area contributed by atoms with Crippen LogP contribution in [0, 0.1) is 0 Å². The molecule has 0 amide bonds. The first kappa shape index (κ1) is 15.3. The fourth-order valence-corrected chi connectivity index (χ4v) is 2.62. The number of nitrogens with zero attached hydrogens (tertiary/aromatic N) is 1. The smallest absolute Gasteiger partial charge is 0.170 e. The minimum Gasteiger partial charge on any atom is -0.492 e. The predicted octanol–water partition coefficient (Wildman–Crippen LogP) is 2.57. The molecule has 0 aliphatic carbocycles. The molecule has 1 heterocycles. The van der Waals surface area contributed by atoms with Gasteiger partial charge in [-0.25, -0.2) is 0 Å².